The van der Waals surface area contributed by atoms with Gasteiger partial charge in [-0.05, 0) is 86.8 Å². The van der Waals surface area contributed by atoms with Crippen LogP contribution in [-0.4, -0.2) is 82.6 Å². The molecule has 2 saturated carbocycles. The molecule has 4 aromatic rings. The highest BCUT2D eigenvalue weighted by molar-refractivity contribution is 5.88. The summed E-state index contributed by atoms with van der Waals surface area (Å²) in [5, 5.41) is 24.8. The summed E-state index contributed by atoms with van der Waals surface area (Å²) >= 11 is 0. The summed E-state index contributed by atoms with van der Waals surface area (Å²) in [7, 11) is 5.90. The normalized spacial score (nSPS) is 16.1. The maximum Gasteiger partial charge on any atom is 0.417 e. The fourth-order valence-corrected chi connectivity index (χ4v) is 9.64. The lowest BCUT2D eigenvalue weighted by atomic mass is 9.81. The van der Waals surface area contributed by atoms with Crippen LogP contribution in [-0.2, 0) is 67.9 Å². The Morgan fingerprint density at radius 3 is 1.17 bits per heavy atom. The van der Waals surface area contributed by atoms with Crippen LogP contribution in [0.3, 0.4) is 0 Å². The number of amides is 2. The second-order valence-electron chi connectivity index (χ2n) is 18.9. The third-order valence-electron chi connectivity index (χ3n) is 14.2. The number of hydrogen-bond donors (Lipinski definition) is 4. The predicted molar refractivity (Wildman–Crippen MR) is 255 cm³/mol. The van der Waals surface area contributed by atoms with E-state index in [1.165, 1.54) is 76.5 Å². The summed E-state index contributed by atoms with van der Waals surface area (Å²) in [5.74, 6) is -3.06. The van der Waals surface area contributed by atoms with Crippen molar-refractivity contribution >= 4 is 23.8 Å². The van der Waals surface area contributed by atoms with Crippen LogP contribution in [0.25, 0.3) is 22.3 Å². The fourth-order valence-electron chi connectivity index (χ4n) is 9.64. The van der Waals surface area contributed by atoms with E-state index in [1.54, 1.807) is 14.2 Å². The molecule has 20 heteroatoms. The smallest absolute Gasteiger partial charge is 0.417 e. The standard InChI is InChI=1S/2C26H31F3N2O5/c2*1-16-14-19(26(27,28)29)21(22(32)31(16)2)18-8-6-17(7-9-18)15-20(23(33)34)30-24(35)25(12-13-36-3)10-4-5-11-25/h2*6-9,14,20H,4-5,10-13,15H2,1-3H3,(H,30,35)(H,33,34)/t2*20-/m00/s1. The van der Waals surface area contributed by atoms with E-state index in [9.17, 15) is 65.3 Å². The minimum atomic E-state index is -4.72. The van der Waals surface area contributed by atoms with Crippen LogP contribution in [0.2, 0.25) is 0 Å². The van der Waals surface area contributed by atoms with Crippen LogP contribution in [0.5, 0.6) is 0 Å². The first-order valence-electron chi connectivity index (χ1n) is 23.6. The lowest BCUT2D eigenvalue weighted by Crippen LogP contribution is -2.49. The van der Waals surface area contributed by atoms with Gasteiger partial charge in [0.1, 0.15) is 12.1 Å². The van der Waals surface area contributed by atoms with Crippen LogP contribution in [0.4, 0.5) is 26.3 Å². The minimum absolute atomic E-state index is 0.0558. The molecular formula is C52H62F6N4O10. The number of hydrogen-bond acceptors (Lipinski definition) is 8. The van der Waals surface area contributed by atoms with Crippen LogP contribution in [0, 0.1) is 24.7 Å². The molecule has 392 valence electrons. The quantitative estimate of drug-likeness (QED) is 0.0706. The number of methoxy groups -OCH3 is 2. The molecular weight excluding hydrogens is 955 g/mol. The number of aryl methyl sites for hydroxylation is 2. The Balaban J connectivity index is 0.000000267. The number of carboxylic acids is 2. The molecule has 2 amide bonds. The van der Waals surface area contributed by atoms with Crippen molar-refractivity contribution in [3.8, 4) is 22.3 Å². The number of carboxylic acid groups (broad SMARTS) is 2. The number of rotatable bonds is 18. The lowest BCUT2D eigenvalue weighted by Gasteiger charge is -2.29. The summed E-state index contributed by atoms with van der Waals surface area (Å²) in [5.41, 5.74) is -4.34. The molecule has 2 aromatic heterocycles. The molecule has 2 aliphatic carbocycles. The van der Waals surface area contributed by atoms with Crippen molar-refractivity contribution in [1.82, 2.24) is 19.8 Å². The number of alkyl halides is 6. The van der Waals surface area contributed by atoms with E-state index in [0.717, 1.165) is 47.0 Å². The number of nitrogens with one attached hydrogen (secondary N) is 2. The van der Waals surface area contributed by atoms with Crippen LogP contribution in [0.1, 0.15) is 97.8 Å². The third kappa shape index (κ3) is 13.2. The second kappa shape index (κ2) is 23.5. The first kappa shape index (κ1) is 56.6. The Hall–Kier alpha value is -6.28. The maximum absolute atomic E-state index is 13.7. The van der Waals surface area contributed by atoms with Crippen molar-refractivity contribution in [2.45, 2.75) is 115 Å². The first-order valence-corrected chi connectivity index (χ1v) is 23.6. The number of ether oxygens (including phenoxy) is 2. The molecule has 0 bridgehead atoms. The second-order valence-corrected chi connectivity index (χ2v) is 18.9. The Morgan fingerprint density at radius 1 is 0.597 bits per heavy atom. The number of pyridine rings is 2. The van der Waals surface area contributed by atoms with Crippen LogP contribution >= 0.6 is 0 Å². The van der Waals surface area contributed by atoms with E-state index < -0.39 is 80.6 Å². The number of nitrogens with zero attached hydrogens (tertiary/aromatic N) is 2. The predicted octanol–water partition coefficient (Wildman–Crippen LogP) is 8.18. The molecule has 14 nitrogen and oxygen atoms in total. The van der Waals surface area contributed by atoms with Crippen molar-refractivity contribution in [3.63, 3.8) is 0 Å². The monoisotopic (exact) mass is 1020 g/mol. The van der Waals surface area contributed by atoms with Gasteiger partial charge in [0.15, 0.2) is 0 Å². The molecule has 0 unspecified atom stereocenters. The van der Waals surface area contributed by atoms with Gasteiger partial charge in [-0.1, -0.05) is 74.2 Å². The lowest BCUT2D eigenvalue weighted by molar-refractivity contribution is -0.144. The van der Waals surface area contributed by atoms with Gasteiger partial charge in [0.2, 0.25) is 11.8 Å². The van der Waals surface area contributed by atoms with Crippen LogP contribution in [0.15, 0.2) is 70.3 Å². The maximum atomic E-state index is 13.7. The molecule has 2 atom stereocenters. The molecule has 2 aliphatic rings. The zero-order chi connectivity index (χ0) is 53.3. The van der Waals surface area contributed by atoms with Gasteiger partial charge in [0.05, 0.1) is 33.1 Å². The largest absolute Gasteiger partial charge is 0.480 e. The average Bonchev–Trinajstić information content (AvgIpc) is 4.03. The van der Waals surface area contributed by atoms with E-state index in [0.29, 0.717) is 62.9 Å². The first-order chi connectivity index (χ1) is 33.8. The highest BCUT2D eigenvalue weighted by Gasteiger charge is 2.44. The average molecular weight is 1020 g/mol. The molecule has 0 spiro atoms. The zero-order valence-electron chi connectivity index (χ0n) is 41.2. The molecule has 0 aliphatic heterocycles. The van der Waals surface area contributed by atoms with E-state index in [2.05, 4.69) is 10.6 Å². The van der Waals surface area contributed by atoms with Gasteiger partial charge in [-0.2, -0.15) is 26.3 Å². The van der Waals surface area contributed by atoms with Crippen molar-refractivity contribution < 1.29 is 65.2 Å². The number of halogens is 6. The fraction of sp³-hybridized carbons (Fsp3) is 0.500. The summed E-state index contributed by atoms with van der Waals surface area (Å²) in [4.78, 5) is 75.4. The van der Waals surface area contributed by atoms with Gasteiger partial charge in [0.25, 0.3) is 11.1 Å². The Morgan fingerprint density at radius 2 is 0.903 bits per heavy atom. The Kier molecular flexibility index (Phi) is 18.5. The SMILES string of the molecule is COCCC1(C(=O)N[C@@H](Cc2ccc(-c3c(C(F)(F)F)cc(C)n(C)c3=O)cc2)C(=O)O)CCCC1.COCCC1(C(=O)N[C@@H](Cc2ccc(-c3c(C(F)(F)F)cc(C)n(C)c3=O)cc2)C(=O)O)CCCC1. The zero-order valence-corrected chi connectivity index (χ0v) is 41.2. The highest BCUT2D eigenvalue weighted by atomic mass is 19.4. The topological polar surface area (TPSA) is 195 Å². The van der Waals surface area contributed by atoms with E-state index in [4.69, 9.17) is 9.47 Å². The molecule has 0 saturated heterocycles. The molecule has 0 radical (unpaired) electrons. The van der Waals surface area contributed by atoms with E-state index in [1.807, 2.05) is 0 Å². The van der Waals surface area contributed by atoms with Crippen molar-refractivity contribution in [3.05, 3.63) is 115 Å². The number of benzene rings is 2. The molecule has 2 heterocycles. The summed E-state index contributed by atoms with van der Waals surface area (Å²) in [6, 6.07) is 10.8. The van der Waals surface area contributed by atoms with Gasteiger partial charge in [-0.3, -0.25) is 19.2 Å². The van der Waals surface area contributed by atoms with Crippen LogP contribution < -0.4 is 21.8 Å². The molecule has 2 fully saturated rings. The summed E-state index contributed by atoms with van der Waals surface area (Å²) in [6.45, 7) is 3.64. The molecule has 72 heavy (non-hydrogen) atoms. The number of aliphatic carboxylic acids is 2. The Labute approximate surface area is 412 Å². The van der Waals surface area contributed by atoms with E-state index in [-0.39, 0.29) is 47.2 Å². The van der Waals surface area contributed by atoms with Gasteiger partial charge >= 0.3 is 24.3 Å². The van der Waals surface area contributed by atoms with Crippen molar-refractivity contribution in [2.75, 3.05) is 27.4 Å². The number of carbonyl (C=O) groups excluding carboxylic acids is 2. The third-order valence-corrected chi connectivity index (χ3v) is 14.2. The van der Waals surface area contributed by atoms with E-state index >= 15 is 0 Å². The van der Waals surface area contributed by atoms with Gasteiger partial charge in [-0.15, -0.1) is 0 Å². The van der Waals surface area contributed by atoms with Crippen molar-refractivity contribution in [1.29, 1.82) is 0 Å². The molecule has 6 rings (SSSR count). The number of carbonyl (C=O) groups is 4. The van der Waals surface area contributed by atoms with Crippen molar-refractivity contribution in [2.24, 2.45) is 24.9 Å². The minimum Gasteiger partial charge on any atom is -0.480 e. The number of aromatic nitrogens is 2. The molecule has 4 N–H and O–H groups in total. The van der Waals surface area contributed by atoms with Gasteiger partial charge < -0.3 is 39.5 Å². The Bertz CT molecular complexity index is 2520. The summed E-state index contributed by atoms with van der Waals surface area (Å²) in [6.07, 6.45) is -2.36. The molecule has 2 aromatic carbocycles. The van der Waals surface area contributed by atoms with Gasteiger partial charge in [-0.25, -0.2) is 9.59 Å². The highest BCUT2D eigenvalue weighted by Crippen LogP contribution is 2.43. The van der Waals surface area contributed by atoms with Gasteiger partial charge in [0, 0.05) is 65.8 Å². The summed E-state index contributed by atoms with van der Waals surface area (Å²) < 4.78 is 94.5.